The van der Waals surface area contributed by atoms with Gasteiger partial charge in [0.05, 0.1) is 9.79 Å². The Morgan fingerprint density at radius 1 is 0.243 bits per heavy atom. The van der Waals surface area contributed by atoms with Crippen LogP contribution in [0.2, 0.25) is 0 Å². The number of rotatable bonds is 11. The molecule has 11 heterocycles. The lowest BCUT2D eigenvalue weighted by molar-refractivity contribution is -0.288. The third-order valence-corrected chi connectivity index (χ3v) is 32.3. The minimum Gasteiger partial charge on any atom is -0.478 e. The molecule has 33 heteroatoms. The summed E-state index contributed by atoms with van der Waals surface area (Å²) in [5, 5.41) is 0. The van der Waals surface area contributed by atoms with Gasteiger partial charge in [0.15, 0.2) is 5.78 Å². The number of ketones is 1. The van der Waals surface area contributed by atoms with E-state index in [4.69, 9.17) is 52.1 Å². The first-order chi connectivity index (χ1) is 66.8. The molecule has 0 spiro atoms. The van der Waals surface area contributed by atoms with E-state index in [1.807, 2.05) is 74.4 Å². The molecular weight excluding hydrogens is 1840 g/mol. The molecule has 25 nitrogen and oxygen atoms in total. The smallest absolute Gasteiger partial charge is 0.411 e. The summed E-state index contributed by atoms with van der Waals surface area (Å²) in [6, 6.07) is 61.1. The summed E-state index contributed by atoms with van der Waals surface area (Å²) in [5.41, 5.74) is 8.64. The van der Waals surface area contributed by atoms with E-state index < -0.39 is 48.8 Å². The Hall–Kier alpha value is -11.7. The molecule has 0 atom stereocenters. The zero-order valence-corrected chi connectivity index (χ0v) is 83.0. The van der Waals surface area contributed by atoms with Crippen LogP contribution in [-0.2, 0) is 92.7 Å². The molecule has 740 valence electrons. The zero-order chi connectivity index (χ0) is 98.6. The number of benzene rings is 11. The van der Waals surface area contributed by atoms with Crippen LogP contribution in [0.25, 0.3) is 0 Å². The van der Waals surface area contributed by atoms with Crippen LogP contribution in [0.15, 0.2) is 225 Å². The highest BCUT2D eigenvalue weighted by Gasteiger charge is 2.73. The zero-order valence-electron chi connectivity index (χ0n) is 81.3. The van der Waals surface area contributed by atoms with Gasteiger partial charge >= 0.3 is 12.4 Å². The first kappa shape index (κ1) is 98.5. The summed E-state index contributed by atoms with van der Waals surface area (Å²) < 4.78 is 176. The predicted molar refractivity (Wildman–Crippen MR) is 520 cm³/mol. The summed E-state index contributed by atoms with van der Waals surface area (Å²) in [7, 11) is 16.5. The number of carbonyl (C=O) groups is 1. The maximum Gasteiger partial charge on any atom is 0.411 e. The van der Waals surface area contributed by atoms with E-state index in [1.165, 1.54) is 65.8 Å². The molecule has 0 radical (unpaired) electrons. The summed E-state index contributed by atoms with van der Waals surface area (Å²) in [6.45, 7) is 18.2. The van der Waals surface area contributed by atoms with Crippen LogP contribution in [0.1, 0.15) is 113 Å². The number of fused-ring (bicyclic) bond motifs is 11. The second kappa shape index (κ2) is 40.0. The molecule has 11 aromatic carbocycles. The maximum absolute atomic E-state index is 14.5. The SMILES string of the molecule is CN1COc2ccc(C(=O)c3ccc4c(c3)CN(C)CO4)cc2C1.CN1COc2ccc(C(C)(C)c3ccc4c(c3)CN(C)CO4)cc2C1.CN1COc2ccc(C(c3ccc4c(c3)CN(C)CO4)(C(F)(F)F)C(F)(F)F)cc2C1.CN1COc2ccc(S(=O)(=O)c3ccc4c(c3)CN(C)CO4)cc2C1.CN1COc2ccc(S(C)(c3ccc4c(c3)CN(C)CO4)c3ccc4c(c3)CN(C)CO4)cc2C1. The molecule has 0 N–H and O–H groups in total. The number of nitrogens with zero attached hydrogens (tertiary/aromatic N) is 11. The summed E-state index contributed by atoms with van der Waals surface area (Å²) >= 11 is 0. The number of hydrogen-bond acceptors (Lipinski definition) is 25. The maximum atomic E-state index is 14.5. The number of halogens is 6. The molecule has 11 aromatic rings. The van der Waals surface area contributed by atoms with Crippen LogP contribution < -0.4 is 52.1 Å². The summed E-state index contributed by atoms with van der Waals surface area (Å²) in [5.74, 6) is 8.82. The average molecular weight is 1960 g/mol. The lowest BCUT2D eigenvalue weighted by atomic mass is 9.72. The number of hydrogen-bond donors (Lipinski definition) is 0. The Morgan fingerprint density at radius 2 is 0.414 bits per heavy atom. The quantitative estimate of drug-likeness (QED) is 0.0877. The highest BCUT2D eigenvalue weighted by Crippen LogP contribution is 2.67. The van der Waals surface area contributed by atoms with Crippen LogP contribution >= 0.6 is 10.0 Å². The van der Waals surface area contributed by atoms with Crippen LogP contribution in [-0.4, -0.2) is 238 Å². The molecule has 0 unspecified atom stereocenters. The second-order valence-corrected chi connectivity index (χ2v) is 44.3. The molecule has 0 fully saturated rings. The van der Waals surface area contributed by atoms with E-state index in [2.05, 4.69) is 181 Å². The minimum atomic E-state index is -5.64. The Kier molecular flexibility index (Phi) is 28.2. The van der Waals surface area contributed by atoms with Gasteiger partial charge in [-0.2, -0.15) is 36.4 Å². The fourth-order valence-corrected chi connectivity index (χ4v) is 23.7. The van der Waals surface area contributed by atoms with Crippen molar-refractivity contribution in [3.63, 3.8) is 0 Å². The third-order valence-electron chi connectivity index (χ3n) is 26.9. The van der Waals surface area contributed by atoms with E-state index in [0.717, 1.165) is 144 Å². The molecular formula is C107H119F6N11O14S2. The van der Waals surface area contributed by atoms with Crippen molar-refractivity contribution in [2.75, 3.05) is 158 Å². The van der Waals surface area contributed by atoms with E-state index >= 15 is 0 Å². The summed E-state index contributed by atoms with van der Waals surface area (Å²) in [4.78, 5) is 39.9. The van der Waals surface area contributed by atoms with Gasteiger partial charge in [-0.3, -0.25) is 58.7 Å². The molecule has 0 saturated carbocycles. The predicted octanol–water partition coefficient (Wildman–Crippen LogP) is 17.7. The van der Waals surface area contributed by atoms with Crippen LogP contribution in [0.5, 0.6) is 63.2 Å². The topological polar surface area (TPSA) is 188 Å². The van der Waals surface area contributed by atoms with E-state index in [-0.39, 0.29) is 70.2 Å². The van der Waals surface area contributed by atoms with Crippen molar-refractivity contribution in [3.8, 4) is 63.2 Å². The molecule has 0 bridgehead atoms. The Morgan fingerprint density at radius 3 is 0.636 bits per heavy atom. The van der Waals surface area contributed by atoms with Gasteiger partial charge in [0, 0.05) is 150 Å². The van der Waals surface area contributed by atoms with Gasteiger partial charge in [-0.15, -0.1) is 0 Å². The lowest BCUT2D eigenvalue weighted by Crippen LogP contribution is -2.55. The fraction of sp³-hybridized carbons (Fsp3) is 0.374. The van der Waals surface area contributed by atoms with Crippen molar-refractivity contribution >= 4 is 25.6 Å². The van der Waals surface area contributed by atoms with Crippen molar-refractivity contribution in [2.24, 2.45) is 0 Å². The van der Waals surface area contributed by atoms with Gasteiger partial charge in [0.2, 0.25) is 15.3 Å². The van der Waals surface area contributed by atoms with Crippen molar-refractivity contribution in [2.45, 2.75) is 133 Å². The normalized spacial score (nSPS) is 18.2. The molecule has 11 aliphatic rings. The molecule has 11 aliphatic heterocycles. The van der Waals surface area contributed by atoms with Gasteiger partial charge in [-0.25, -0.2) is 8.42 Å². The molecule has 140 heavy (non-hydrogen) atoms. The lowest BCUT2D eigenvalue weighted by Gasteiger charge is -2.40. The fourth-order valence-electron chi connectivity index (χ4n) is 19.3. The molecule has 0 saturated heterocycles. The highest BCUT2D eigenvalue weighted by molar-refractivity contribution is 8.33. The number of carbonyl (C=O) groups excluding carboxylic acids is 1. The Labute approximate surface area is 815 Å². The standard InChI is InChI=1S/C28H33N3O3S.C21H20F6N2O2.C21H26N2O2.C19H20N2O3.C18H20N2O4S/c1-29-14-20-11-23(5-8-26(20)32-17-29)35(4,24-6-9-27-21(12-24)15-30(2)18-33-27)25-7-10-28-22(13-25)16-31(3)19-34-28;1-28-9-13-7-15(3-5-17(13)30-11-28)19(20(22,23)24,21(25,26)27)16-4-6-18-14(8-16)10-29(2)12-31-18;1-21(2,17-5-7-19-15(9-17)11-22(3)13-24-19)18-6-8-20-16(10-18)12-23(4)14-25-20;1-20-9-15-7-13(3-5-17(15)23-11-20)19(22)14-4-6-18-16(8-14)10-21(2)12-24-18;1-19-9-13-7-15(3-5-17(13)23-11-19)25(21,22)16-4-6-18-14(8-16)10-20(2)12-24-18/h5-13H,14-19H2,1-4H3;3-8H,9-12H2,1-2H3;5-10H,11-14H2,1-4H3;3-8H,9-12H2,1-2H3;3-8H,9-12H2,1-2H3. The van der Waals surface area contributed by atoms with E-state index in [1.54, 1.807) is 60.3 Å². The average Bonchev–Trinajstić information content (AvgIpc) is 0.707. The molecule has 0 aromatic heterocycles. The molecule has 22 rings (SSSR count). The number of alkyl halides is 6. The van der Waals surface area contributed by atoms with Crippen LogP contribution in [0.4, 0.5) is 26.3 Å². The van der Waals surface area contributed by atoms with Gasteiger partial charge in [0.1, 0.15) is 137 Å². The van der Waals surface area contributed by atoms with Gasteiger partial charge in [-0.1, -0.05) is 38.1 Å². The monoisotopic (exact) mass is 1960 g/mol. The number of sulfone groups is 1. The van der Waals surface area contributed by atoms with Crippen molar-refractivity contribution in [1.29, 1.82) is 0 Å². The van der Waals surface area contributed by atoms with E-state index in [0.29, 0.717) is 84.8 Å². The van der Waals surface area contributed by atoms with Crippen molar-refractivity contribution in [3.05, 3.63) is 295 Å². The Balaban J connectivity index is 0.000000117. The molecule has 0 amide bonds. The minimum absolute atomic E-state index is 0.0297. The number of ether oxygens (including phenoxy) is 11. The van der Waals surface area contributed by atoms with Crippen molar-refractivity contribution in [1.82, 2.24) is 53.9 Å². The Bertz CT molecular complexity index is 6180. The van der Waals surface area contributed by atoms with E-state index in [9.17, 15) is 39.6 Å². The van der Waals surface area contributed by atoms with Gasteiger partial charge in [0.25, 0.3) is 0 Å². The molecule has 0 aliphatic carbocycles. The van der Waals surface area contributed by atoms with Gasteiger partial charge in [-0.05, 0) is 297 Å². The van der Waals surface area contributed by atoms with Gasteiger partial charge < -0.3 is 52.1 Å². The summed E-state index contributed by atoms with van der Waals surface area (Å²) in [6.07, 6.45) is -8.86. The first-order valence-corrected chi connectivity index (χ1v) is 49.9. The first-order valence-electron chi connectivity index (χ1n) is 46.4. The second-order valence-electron chi connectivity index (χ2n) is 39.1. The third kappa shape index (κ3) is 20.6. The van der Waals surface area contributed by atoms with Crippen LogP contribution in [0.3, 0.4) is 0 Å². The van der Waals surface area contributed by atoms with Crippen molar-refractivity contribution < 1.29 is 91.7 Å². The highest BCUT2D eigenvalue weighted by atomic mass is 32.3. The van der Waals surface area contributed by atoms with Crippen LogP contribution in [0, 0.1) is 0 Å². The largest absolute Gasteiger partial charge is 0.478 e.